The summed E-state index contributed by atoms with van der Waals surface area (Å²) in [5, 5.41) is 3.19. The lowest BCUT2D eigenvalue weighted by Crippen LogP contribution is -2.11. The molecule has 0 saturated carbocycles. The lowest BCUT2D eigenvalue weighted by atomic mass is 10.1. The van der Waals surface area contributed by atoms with Crippen molar-refractivity contribution in [2.24, 2.45) is 5.92 Å². The monoisotopic (exact) mass is 267 g/mol. The minimum absolute atomic E-state index is 0.145. The zero-order chi connectivity index (χ0) is 13.5. The molecule has 0 amide bonds. The Balaban J connectivity index is 1.63. The highest BCUT2D eigenvalue weighted by molar-refractivity contribution is 5.62. The van der Waals surface area contributed by atoms with Crippen molar-refractivity contribution in [3.8, 4) is 11.5 Å². The van der Waals surface area contributed by atoms with Crippen molar-refractivity contribution in [3.63, 3.8) is 0 Å². The first-order valence-corrected chi connectivity index (χ1v) is 7.06. The summed E-state index contributed by atoms with van der Waals surface area (Å²) in [6.07, 6.45) is 1.24. The average molecular weight is 267 g/mol. The third-order valence-electron chi connectivity index (χ3n) is 4.12. The molecule has 1 unspecified atom stereocenters. The summed E-state index contributed by atoms with van der Waals surface area (Å²) >= 11 is 0. The maximum atomic E-state index is 6.24. The largest absolute Gasteiger partial charge is 0.485 e. The van der Waals surface area contributed by atoms with Gasteiger partial charge in [-0.1, -0.05) is 31.2 Å². The molecule has 0 aromatic heterocycles. The fourth-order valence-electron chi connectivity index (χ4n) is 3.12. The Morgan fingerprint density at radius 1 is 1.20 bits per heavy atom. The second-order valence-electron chi connectivity index (χ2n) is 5.54. The smallest absolute Gasteiger partial charge is 0.159 e. The molecule has 2 aromatic rings. The zero-order valence-corrected chi connectivity index (χ0v) is 11.4. The first-order chi connectivity index (χ1) is 9.81. The Morgan fingerprint density at radius 3 is 3.05 bits per heavy atom. The van der Waals surface area contributed by atoms with Gasteiger partial charge in [-0.25, -0.2) is 0 Å². The minimum Gasteiger partial charge on any atom is -0.485 e. The van der Waals surface area contributed by atoms with Crippen molar-refractivity contribution >= 4 is 5.69 Å². The van der Waals surface area contributed by atoms with Crippen molar-refractivity contribution in [1.82, 2.24) is 0 Å². The molecular formula is C17H17NO2. The van der Waals surface area contributed by atoms with Crippen LogP contribution in [-0.2, 0) is 6.42 Å². The van der Waals surface area contributed by atoms with E-state index in [0.717, 1.165) is 23.6 Å². The highest BCUT2D eigenvalue weighted by Crippen LogP contribution is 2.40. The molecule has 20 heavy (non-hydrogen) atoms. The van der Waals surface area contributed by atoms with E-state index in [-0.39, 0.29) is 6.10 Å². The van der Waals surface area contributed by atoms with Crippen molar-refractivity contribution < 1.29 is 9.47 Å². The predicted molar refractivity (Wildman–Crippen MR) is 78.2 cm³/mol. The van der Waals surface area contributed by atoms with Crippen LogP contribution in [0.25, 0.3) is 0 Å². The Labute approximate surface area is 118 Å². The summed E-state index contributed by atoms with van der Waals surface area (Å²) in [4.78, 5) is 0. The van der Waals surface area contributed by atoms with Gasteiger partial charge < -0.3 is 14.8 Å². The van der Waals surface area contributed by atoms with E-state index < -0.39 is 0 Å². The van der Waals surface area contributed by atoms with E-state index >= 15 is 0 Å². The topological polar surface area (TPSA) is 30.5 Å². The number of ether oxygens (including phenoxy) is 2. The van der Waals surface area contributed by atoms with Crippen LogP contribution in [0.4, 0.5) is 5.69 Å². The Bertz CT molecular complexity index is 653. The highest BCUT2D eigenvalue weighted by atomic mass is 16.5. The van der Waals surface area contributed by atoms with Gasteiger partial charge in [0.1, 0.15) is 17.6 Å². The molecule has 4 rings (SSSR count). The lowest BCUT2D eigenvalue weighted by Gasteiger charge is -2.19. The number of nitrogens with one attached hydrogen (secondary N) is 1. The van der Waals surface area contributed by atoms with Gasteiger partial charge >= 0.3 is 0 Å². The molecule has 0 fully saturated rings. The first-order valence-electron chi connectivity index (χ1n) is 7.06. The van der Waals surface area contributed by atoms with Crippen LogP contribution in [0.15, 0.2) is 42.5 Å². The van der Waals surface area contributed by atoms with Crippen LogP contribution in [0, 0.1) is 5.92 Å². The Kier molecular flexibility index (Phi) is 2.59. The molecule has 1 aliphatic heterocycles. The molecule has 2 aromatic carbocycles. The van der Waals surface area contributed by atoms with Crippen molar-refractivity contribution in [1.29, 1.82) is 0 Å². The Morgan fingerprint density at radius 2 is 2.10 bits per heavy atom. The summed E-state index contributed by atoms with van der Waals surface area (Å²) in [5.41, 5.74) is 3.75. The van der Waals surface area contributed by atoms with E-state index in [9.17, 15) is 0 Å². The quantitative estimate of drug-likeness (QED) is 0.898. The van der Waals surface area contributed by atoms with Gasteiger partial charge in [-0.05, 0) is 29.7 Å². The normalized spacial score (nSPS) is 22.6. The molecular weight excluding hydrogens is 250 g/mol. The van der Waals surface area contributed by atoms with Crippen LogP contribution in [0.5, 0.6) is 11.5 Å². The maximum Gasteiger partial charge on any atom is 0.159 e. The third-order valence-corrected chi connectivity index (χ3v) is 4.12. The van der Waals surface area contributed by atoms with Crippen LogP contribution in [-0.4, -0.2) is 6.73 Å². The number of hydrogen-bond donors (Lipinski definition) is 1. The molecule has 1 N–H and O–H groups in total. The molecule has 102 valence electrons. The molecule has 0 spiro atoms. The summed E-state index contributed by atoms with van der Waals surface area (Å²) in [6, 6.07) is 14.5. The zero-order valence-electron chi connectivity index (χ0n) is 11.4. The SMILES string of the molecule is C[C@@H]1Cc2ccccc2C1Oc1ccc2c(c1)NCO2. The predicted octanol–water partition coefficient (Wildman–Crippen LogP) is 3.76. The molecule has 2 aliphatic rings. The van der Waals surface area contributed by atoms with Crippen LogP contribution in [0.3, 0.4) is 0 Å². The van der Waals surface area contributed by atoms with Gasteiger partial charge in [-0.3, -0.25) is 0 Å². The van der Waals surface area contributed by atoms with Gasteiger partial charge in [0.2, 0.25) is 0 Å². The van der Waals surface area contributed by atoms with Crippen LogP contribution in [0.1, 0.15) is 24.2 Å². The van der Waals surface area contributed by atoms with Crippen LogP contribution >= 0.6 is 0 Å². The fourth-order valence-corrected chi connectivity index (χ4v) is 3.12. The number of anilines is 1. The van der Waals surface area contributed by atoms with E-state index in [0.29, 0.717) is 12.6 Å². The van der Waals surface area contributed by atoms with Crippen molar-refractivity contribution in [2.45, 2.75) is 19.4 Å². The number of fused-ring (bicyclic) bond motifs is 2. The summed E-state index contributed by atoms with van der Waals surface area (Å²) in [5.74, 6) is 2.30. The third kappa shape index (κ3) is 1.82. The van der Waals surface area contributed by atoms with Crippen molar-refractivity contribution in [2.75, 3.05) is 12.0 Å². The molecule has 3 nitrogen and oxygen atoms in total. The average Bonchev–Trinajstić information content (AvgIpc) is 3.04. The Hall–Kier alpha value is -2.16. The van der Waals surface area contributed by atoms with Gasteiger partial charge in [0, 0.05) is 12.0 Å². The van der Waals surface area contributed by atoms with E-state index in [4.69, 9.17) is 9.47 Å². The minimum atomic E-state index is 0.145. The summed E-state index contributed by atoms with van der Waals surface area (Å²) < 4.78 is 11.7. The van der Waals surface area contributed by atoms with Crippen LogP contribution < -0.4 is 14.8 Å². The number of rotatable bonds is 2. The lowest BCUT2D eigenvalue weighted by molar-refractivity contribution is 0.159. The second kappa shape index (κ2) is 4.44. The first kappa shape index (κ1) is 11.6. The standard InChI is InChI=1S/C17H17NO2/c1-11-8-12-4-2-3-5-14(12)17(11)20-13-6-7-16-15(9-13)18-10-19-16/h2-7,9,11,17-18H,8,10H2,1H3/t11-,17?/m1/s1. The molecule has 3 heteroatoms. The van der Waals surface area contributed by atoms with Gasteiger partial charge in [0.25, 0.3) is 0 Å². The molecule has 0 bridgehead atoms. The fraction of sp³-hybridized carbons (Fsp3) is 0.294. The molecule has 0 radical (unpaired) electrons. The van der Waals surface area contributed by atoms with E-state index in [1.54, 1.807) is 0 Å². The van der Waals surface area contributed by atoms with Gasteiger partial charge in [-0.15, -0.1) is 0 Å². The van der Waals surface area contributed by atoms with E-state index in [1.165, 1.54) is 11.1 Å². The summed E-state index contributed by atoms with van der Waals surface area (Å²) in [6.45, 7) is 2.79. The number of hydrogen-bond acceptors (Lipinski definition) is 3. The van der Waals surface area contributed by atoms with Crippen molar-refractivity contribution in [3.05, 3.63) is 53.6 Å². The van der Waals surface area contributed by atoms with Gasteiger partial charge in [-0.2, -0.15) is 0 Å². The molecule has 2 atom stereocenters. The van der Waals surface area contributed by atoms with Gasteiger partial charge in [0.05, 0.1) is 5.69 Å². The maximum absolute atomic E-state index is 6.24. The van der Waals surface area contributed by atoms with E-state index in [1.807, 2.05) is 18.2 Å². The van der Waals surface area contributed by atoms with Crippen LogP contribution in [0.2, 0.25) is 0 Å². The number of benzene rings is 2. The molecule has 1 aliphatic carbocycles. The highest BCUT2D eigenvalue weighted by Gasteiger charge is 2.30. The second-order valence-corrected chi connectivity index (χ2v) is 5.54. The van der Waals surface area contributed by atoms with E-state index in [2.05, 4.69) is 36.5 Å². The van der Waals surface area contributed by atoms with Gasteiger partial charge in [0.15, 0.2) is 6.73 Å². The molecule has 0 saturated heterocycles. The molecule has 1 heterocycles. The summed E-state index contributed by atoms with van der Waals surface area (Å²) in [7, 11) is 0.